The van der Waals surface area contributed by atoms with E-state index in [1.807, 2.05) is 42.6 Å². The summed E-state index contributed by atoms with van der Waals surface area (Å²) in [7, 11) is 0. The van der Waals surface area contributed by atoms with Gasteiger partial charge in [0.15, 0.2) is 5.69 Å². The fourth-order valence-corrected chi connectivity index (χ4v) is 4.08. The summed E-state index contributed by atoms with van der Waals surface area (Å²) in [5.41, 5.74) is 1.82. The third kappa shape index (κ3) is 3.86. The molecule has 1 N–H and O–H groups in total. The molecule has 1 amide bonds. The minimum Gasteiger partial charge on any atom is -0.345 e. The maximum Gasteiger partial charge on any atom is 0.274 e. The number of carbonyl (C=O) groups excluding carboxylic acids is 1. The van der Waals surface area contributed by atoms with Crippen LogP contribution in [0.1, 0.15) is 40.4 Å². The van der Waals surface area contributed by atoms with Crippen LogP contribution in [0.5, 0.6) is 0 Å². The molecule has 4 aromatic rings. The smallest absolute Gasteiger partial charge is 0.274 e. The van der Waals surface area contributed by atoms with Crippen molar-refractivity contribution in [3.05, 3.63) is 93.9 Å². The van der Waals surface area contributed by atoms with Gasteiger partial charge in [0.25, 0.3) is 11.5 Å². The van der Waals surface area contributed by atoms with Crippen LogP contribution in [0.4, 0.5) is 0 Å². The first-order chi connectivity index (χ1) is 15.2. The molecule has 156 valence electrons. The fraction of sp³-hybridized carbons (Fsp3) is 0.250. The Labute approximate surface area is 179 Å². The second-order valence-electron chi connectivity index (χ2n) is 7.82. The Kier molecular flexibility index (Phi) is 5.08. The number of rotatable bonds is 5. The van der Waals surface area contributed by atoms with Crippen molar-refractivity contribution in [2.45, 2.75) is 38.9 Å². The monoisotopic (exact) mass is 413 g/mol. The van der Waals surface area contributed by atoms with E-state index in [1.54, 1.807) is 18.2 Å². The number of fused-ring (bicyclic) bond motifs is 2. The van der Waals surface area contributed by atoms with Crippen LogP contribution in [0.3, 0.4) is 0 Å². The summed E-state index contributed by atoms with van der Waals surface area (Å²) in [6, 6.07) is 16.7. The highest BCUT2D eigenvalue weighted by Gasteiger charge is 2.18. The van der Waals surface area contributed by atoms with Crippen molar-refractivity contribution < 1.29 is 4.79 Å². The van der Waals surface area contributed by atoms with Gasteiger partial charge in [0.1, 0.15) is 5.82 Å². The molecule has 3 heterocycles. The minimum absolute atomic E-state index is 0.210. The van der Waals surface area contributed by atoms with Gasteiger partial charge in [0.05, 0.1) is 24.2 Å². The SMILES string of the molecule is O=C(NCc1cn2c(n1)CCCC2)c1nn(Cc2ccccc2)c(=O)c2ccccc12. The summed E-state index contributed by atoms with van der Waals surface area (Å²) in [4.78, 5) is 30.7. The average Bonchev–Trinajstić information content (AvgIpc) is 3.23. The number of benzene rings is 2. The third-order valence-corrected chi connectivity index (χ3v) is 5.65. The molecule has 0 fully saturated rings. The van der Waals surface area contributed by atoms with Gasteiger partial charge in [-0.1, -0.05) is 48.5 Å². The topological polar surface area (TPSA) is 81.8 Å². The van der Waals surface area contributed by atoms with Crippen LogP contribution in [0.2, 0.25) is 0 Å². The van der Waals surface area contributed by atoms with Gasteiger partial charge in [-0.25, -0.2) is 9.67 Å². The number of nitrogens with zero attached hydrogens (tertiary/aromatic N) is 4. The van der Waals surface area contributed by atoms with Gasteiger partial charge in [-0.3, -0.25) is 9.59 Å². The average molecular weight is 413 g/mol. The third-order valence-electron chi connectivity index (χ3n) is 5.65. The van der Waals surface area contributed by atoms with Gasteiger partial charge in [-0.15, -0.1) is 0 Å². The van der Waals surface area contributed by atoms with Crippen molar-refractivity contribution >= 4 is 16.7 Å². The highest BCUT2D eigenvalue weighted by Crippen LogP contribution is 2.16. The van der Waals surface area contributed by atoms with Crippen LogP contribution in [0.15, 0.2) is 65.6 Å². The maximum atomic E-state index is 13.1. The highest BCUT2D eigenvalue weighted by atomic mass is 16.2. The molecule has 0 saturated carbocycles. The molecule has 2 aromatic heterocycles. The molecule has 0 atom stereocenters. The van der Waals surface area contributed by atoms with Crippen molar-refractivity contribution in [1.29, 1.82) is 0 Å². The molecule has 0 radical (unpaired) electrons. The molecule has 2 aromatic carbocycles. The van der Waals surface area contributed by atoms with E-state index in [9.17, 15) is 9.59 Å². The van der Waals surface area contributed by atoms with E-state index in [-0.39, 0.29) is 17.2 Å². The minimum atomic E-state index is -0.316. The van der Waals surface area contributed by atoms with Crippen molar-refractivity contribution in [3.63, 3.8) is 0 Å². The summed E-state index contributed by atoms with van der Waals surface area (Å²) in [6.45, 7) is 1.61. The molecule has 0 unspecified atom stereocenters. The predicted octanol–water partition coefficient (Wildman–Crippen LogP) is 2.91. The van der Waals surface area contributed by atoms with E-state index < -0.39 is 0 Å². The Hall–Kier alpha value is -3.74. The van der Waals surface area contributed by atoms with E-state index >= 15 is 0 Å². The van der Waals surface area contributed by atoms with E-state index in [4.69, 9.17) is 0 Å². The van der Waals surface area contributed by atoms with E-state index in [2.05, 4.69) is 20.0 Å². The summed E-state index contributed by atoms with van der Waals surface area (Å²) < 4.78 is 3.53. The lowest BCUT2D eigenvalue weighted by Crippen LogP contribution is -2.30. The van der Waals surface area contributed by atoms with Crippen molar-refractivity contribution in [2.75, 3.05) is 0 Å². The van der Waals surface area contributed by atoms with Gasteiger partial charge in [0.2, 0.25) is 0 Å². The van der Waals surface area contributed by atoms with Gasteiger partial charge >= 0.3 is 0 Å². The van der Waals surface area contributed by atoms with Gasteiger partial charge < -0.3 is 9.88 Å². The molecule has 7 nitrogen and oxygen atoms in total. The highest BCUT2D eigenvalue weighted by molar-refractivity contribution is 6.04. The first-order valence-corrected chi connectivity index (χ1v) is 10.6. The maximum absolute atomic E-state index is 13.1. The quantitative estimate of drug-likeness (QED) is 0.545. The van der Waals surface area contributed by atoms with Crippen LogP contribution >= 0.6 is 0 Å². The number of carbonyl (C=O) groups is 1. The van der Waals surface area contributed by atoms with Crippen molar-refractivity contribution in [3.8, 4) is 0 Å². The molecular formula is C24H23N5O2. The number of aromatic nitrogens is 4. The number of nitrogens with one attached hydrogen (secondary N) is 1. The van der Waals surface area contributed by atoms with Crippen LogP contribution < -0.4 is 10.9 Å². The molecular weight excluding hydrogens is 390 g/mol. The second-order valence-corrected chi connectivity index (χ2v) is 7.82. The van der Waals surface area contributed by atoms with Crippen LogP contribution in [0, 0.1) is 0 Å². The lowest BCUT2D eigenvalue weighted by molar-refractivity contribution is 0.0945. The lowest BCUT2D eigenvalue weighted by atomic mass is 10.1. The predicted molar refractivity (Wildman–Crippen MR) is 118 cm³/mol. The normalized spacial score (nSPS) is 13.2. The standard InChI is InChI=1S/C24H23N5O2/c30-23(25-14-18-16-28-13-7-6-12-21(28)26-18)22-19-10-4-5-11-20(19)24(31)29(27-22)15-17-8-2-1-3-9-17/h1-5,8-11,16H,6-7,12-15H2,(H,25,30). The number of hydrogen-bond acceptors (Lipinski definition) is 4. The molecule has 1 aliphatic rings. The van der Waals surface area contributed by atoms with Crippen LogP contribution in [0.25, 0.3) is 10.8 Å². The Morgan fingerprint density at radius 2 is 1.77 bits per heavy atom. The Bertz CT molecular complexity index is 1280. The molecule has 5 rings (SSSR count). The van der Waals surface area contributed by atoms with Gasteiger partial charge in [-0.05, 0) is 24.5 Å². The van der Waals surface area contributed by atoms with Gasteiger partial charge in [0, 0.05) is 24.5 Å². The molecule has 0 bridgehead atoms. The van der Waals surface area contributed by atoms with E-state index in [0.29, 0.717) is 23.9 Å². The molecule has 0 saturated heterocycles. The summed E-state index contributed by atoms with van der Waals surface area (Å²) in [5, 5.41) is 8.41. The largest absolute Gasteiger partial charge is 0.345 e. The molecule has 31 heavy (non-hydrogen) atoms. The van der Waals surface area contributed by atoms with Crippen LogP contribution in [-0.4, -0.2) is 25.2 Å². The zero-order valence-corrected chi connectivity index (χ0v) is 17.1. The Balaban J connectivity index is 1.45. The summed E-state index contributed by atoms with van der Waals surface area (Å²) >= 11 is 0. The molecule has 1 aliphatic heterocycles. The van der Waals surface area contributed by atoms with Gasteiger partial charge in [-0.2, -0.15) is 5.10 Å². The molecule has 0 spiro atoms. The number of imidazole rings is 1. The summed E-state index contributed by atoms with van der Waals surface area (Å²) in [6.07, 6.45) is 5.30. The lowest BCUT2D eigenvalue weighted by Gasteiger charge is -2.11. The number of aryl methyl sites for hydroxylation is 2. The molecule has 0 aliphatic carbocycles. The Morgan fingerprint density at radius 3 is 2.58 bits per heavy atom. The number of amides is 1. The van der Waals surface area contributed by atoms with Crippen molar-refractivity contribution in [1.82, 2.24) is 24.6 Å². The van der Waals surface area contributed by atoms with Crippen LogP contribution in [-0.2, 0) is 26.1 Å². The molecule has 7 heteroatoms. The first kappa shape index (κ1) is 19.2. The fourth-order valence-electron chi connectivity index (χ4n) is 4.08. The first-order valence-electron chi connectivity index (χ1n) is 10.6. The summed E-state index contributed by atoms with van der Waals surface area (Å²) in [5.74, 6) is 0.763. The van der Waals surface area contributed by atoms with E-state index in [0.717, 1.165) is 42.9 Å². The zero-order chi connectivity index (χ0) is 21.2. The zero-order valence-electron chi connectivity index (χ0n) is 17.1. The number of hydrogen-bond donors (Lipinski definition) is 1. The second kappa shape index (κ2) is 8.18. The van der Waals surface area contributed by atoms with E-state index in [1.165, 1.54) is 4.68 Å². The Morgan fingerprint density at radius 1 is 1.00 bits per heavy atom. The van der Waals surface area contributed by atoms with Crippen molar-refractivity contribution in [2.24, 2.45) is 0 Å².